The quantitative estimate of drug-likeness (QED) is 0.117. The lowest BCUT2D eigenvalue weighted by Gasteiger charge is -2.54. The van der Waals surface area contributed by atoms with Gasteiger partial charge in [-0.25, -0.2) is 4.79 Å². The summed E-state index contributed by atoms with van der Waals surface area (Å²) in [6.07, 6.45) is 4.15. The number of Topliss-reactive ketones (excluding diaryl/α,β-unsaturated/α-hetero) is 1. The van der Waals surface area contributed by atoms with Gasteiger partial charge in [-0.3, -0.25) is 9.59 Å². The van der Waals surface area contributed by atoms with E-state index >= 15 is 0 Å². The van der Waals surface area contributed by atoms with E-state index in [1.807, 2.05) is 48.5 Å². The molecule has 13 nitrogen and oxygen atoms in total. The van der Waals surface area contributed by atoms with Crippen LogP contribution in [0, 0.1) is 41.4 Å². The Morgan fingerprint density at radius 3 is 2.17 bits per heavy atom. The summed E-state index contributed by atoms with van der Waals surface area (Å²) in [6, 6.07) is 0. The minimum Gasteiger partial charge on any atom is -0.481 e. The summed E-state index contributed by atoms with van der Waals surface area (Å²) in [5.74, 6) is -6.27. The van der Waals surface area contributed by atoms with Crippen molar-refractivity contribution < 1.29 is 62.9 Å². The van der Waals surface area contributed by atoms with Gasteiger partial charge in [0, 0.05) is 30.1 Å². The van der Waals surface area contributed by atoms with Crippen LogP contribution in [0.3, 0.4) is 0 Å². The van der Waals surface area contributed by atoms with Gasteiger partial charge in [0.15, 0.2) is 11.9 Å². The maximum Gasteiger partial charge on any atom is 0.509 e. The van der Waals surface area contributed by atoms with E-state index in [-0.39, 0.29) is 36.2 Å². The first-order valence-electron chi connectivity index (χ1n) is 22.3. The van der Waals surface area contributed by atoms with E-state index in [9.17, 15) is 29.7 Å². The zero-order valence-corrected chi connectivity index (χ0v) is 36.9. The summed E-state index contributed by atoms with van der Waals surface area (Å²) in [6.45, 7) is 21.3. The first-order chi connectivity index (χ1) is 27.2. The summed E-state index contributed by atoms with van der Waals surface area (Å²) >= 11 is 0. The Morgan fingerprint density at radius 1 is 0.879 bits per heavy atom. The normalized spacial score (nSPS) is 43.0. The van der Waals surface area contributed by atoms with Crippen LogP contribution in [0.15, 0.2) is 12.2 Å². The molecule has 0 saturated carbocycles. The molecule has 2 spiro atoms. The van der Waals surface area contributed by atoms with Crippen LogP contribution in [0.25, 0.3) is 0 Å². The van der Waals surface area contributed by atoms with Crippen LogP contribution >= 0.6 is 0 Å². The Bertz CT molecular complexity index is 1470. The fourth-order valence-corrected chi connectivity index (χ4v) is 10.9. The number of carboxylic acid groups (broad SMARTS) is 1. The molecule has 5 aliphatic rings. The highest BCUT2D eigenvalue weighted by Gasteiger charge is 2.64. The number of aliphatic carboxylic acids is 1. The number of hydrogen-bond acceptors (Lipinski definition) is 12. The molecule has 3 N–H and O–H groups in total. The van der Waals surface area contributed by atoms with E-state index in [1.165, 1.54) is 0 Å². The number of rotatable bonds is 14. The SMILES string of the molecule is CCOC(=O)O[C@H]1C=C[C@]2(OC([C@@H](CC)C(=O)[C@@H](C)[C@@H](O)[C@H](C)[C@@H]3OC([C@@H](CC)C(=O)O)CC[C@@H]3C)[C@@H](C)C[C@H]2C)O[C@@]12CC[C@@](C)([C@H]1CC[C@](O)(CC)[C@H](C)O1)O2. The van der Waals surface area contributed by atoms with Crippen molar-refractivity contribution in [2.24, 2.45) is 41.4 Å². The van der Waals surface area contributed by atoms with Gasteiger partial charge in [0.25, 0.3) is 0 Å². The lowest BCUT2D eigenvalue weighted by molar-refractivity contribution is -0.408. The van der Waals surface area contributed by atoms with Gasteiger partial charge in [-0.05, 0) is 103 Å². The number of ether oxygens (including phenoxy) is 7. The minimum absolute atomic E-state index is 0.0357. The third kappa shape index (κ3) is 9.07. The average molecular weight is 823 g/mol. The fraction of sp³-hybridized carbons (Fsp3) is 0.889. The van der Waals surface area contributed by atoms with E-state index in [0.717, 1.165) is 6.42 Å². The lowest BCUT2D eigenvalue weighted by atomic mass is 9.72. The Kier molecular flexibility index (Phi) is 14.9. The molecule has 5 heterocycles. The number of carbonyl (C=O) groups is 3. The Balaban J connectivity index is 1.38. The standard InChI is InChI=1S/C45H74O13/c1-12-31(40(48)49)33-17-16-25(5)38(54-33)29(9)36(46)28(8)37(47)32(13-2)39-26(6)24-27(7)44(56-39)21-19-35(55-41(50)52-15-4)45(58-44)23-22-42(11,57-45)34-18-20-43(51,14-3)30(10)53-34/h19,21,25-36,38-39,46,51H,12-18,20,22-24H2,1-11H3,(H,48,49)/t25-,26-,27+,28-,29-,30-,31+,32-,33?,34+,35-,36+,38+,39?,42-,43+,44-,45-/m0/s1. The van der Waals surface area contributed by atoms with Crippen molar-refractivity contribution in [2.45, 2.75) is 206 Å². The molecule has 4 fully saturated rings. The van der Waals surface area contributed by atoms with Gasteiger partial charge in [-0.2, -0.15) is 0 Å². The summed E-state index contributed by atoms with van der Waals surface area (Å²) in [4.78, 5) is 39.4. The van der Waals surface area contributed by atoms with Crippen molar-refractivity contribution in [3.8, 4) is 0 Å². The second-order valence-corrected chi connectivity index (χ2v) is 18.7. The molecule has 0 amide bonds. The van der Waals surface area contributed by atoms with E-state index in [2.05, 4.69) is 13.8 Å². The third-order valence-corrected chi connectivity index (χ3v) is 14.9. The molecular weight excluding hydrogens is 748 g/mol. The summed E-state index contributed by atoms with van der Waals surface area (Å²) in [5.41, 5.74) is -1.76. The highest BCUT2D eigenvalue weighted by Crippen LogP contribution is 2.54. The molecule has 13 heteroatoms. The molecule has 5 aliphatic heterocycles. The van der Waals surface area contributed by atoms with Crippen LogP contribution in [0.4, 0.5) is 4.79 Å². The van der Waals surface area contributed by atoms with Crippen molar-refractivity contribution in [1.82, 2.24) is 0 Å². The summed E-state index contributed by atoms with van der Waals surface area (Å²) in [7, 11) is 0. The molecule has 0 aromatic carbocycles. The number of aliphatic hydroxyl groups excluding tert-OH is 1. The molecule has 2 unspecified atom stereocenters. The van der Waals surface area contributed by atoms with Gasteiger partial charge < -0.3 is 48.5 Å². The van der Waals surface area contributed by atoms with Crippen LogP contribution in [0.1, 0.15) is 140 Å². The highest BCUT2D eigenvalue weighted by molar-refractivity contribution is 5.84. The van der Waals surface area contributed by atoms with Crippen molar-refractivity contribution in [3.63, 3.8) is 0 Å². The number of hydrogen-bond donors (Lipinski definition) is 3. The van der Waals surface area contributed by atoms with E-state index in [4.69, 9.17) is 33.2 Å². The molecule has 18 atom stereocenters. The zero-order chi connectivity index (χ0) is 43.0. The number of ketones is 1. The second kappa shape index (κ2) is 18.5. The monoisotopic (exact) mass is 823 g/mol. The van der Waals surface area contributed by atoms with Crippen molar-refractivity contribution in [1.29, 1.82) is 0 Å². The third-order valence-electron chi connectivity index (χ3n) is 14.9. The molecule has 0 aromatic heterocycles. The first kappa shape index (κ1) is 46.9. The molecule has 0 bridgehead atoms. The highest BCUT2D eigenvalue weighted by atomic mass is 16.8. The van der Waals surface area contributed by atoms with Crippen LogP contribution < -0.4 is 0 Å². The zero-order valence-electron chi connectivity index (χ0n) is 36.9. The van der Waals surface area contributed by atoms with Gasteiger partial charge in [-0.1, -0.05) is 55.4 Å². The average Bonchev–Trinajstić information content (AvgIpc) is 3.52. The van der Waals surface area contributed by atoms with Crippen LogP contribution in [0.2, 0.25) is 0 Å². The van der Waals surface area contributed by atoms with Crippen molar-refractivity contribution in [3.05, 3.63) is 12.2 Å². The van der Waals surface area contributed by atoms with Gasteiger partial charge >= 0.3 is 12.1 Å². The fourth-order valence-electron chi connectivity index (χ4n) is 10.9. The molecule has 0 radical (unpaired) electrons. The predicted octanol–water partition coefficient (Wildman–Crippen LogP) is 7.37. The molecule has 0 aliphatic carbocycles. The predicted molar refractivity (Wildman–Crippen MR) is 215 cm³/mol. The molecule has 332 valence electrons. The van der Waals surface area contributed by atoms with E-state index in [1.54, 1.807) is 26.0 Å². The van der Waals surface area contributed by atoms with Gasteiger partial charge in [0.1, 0.15) is 5.78 Å². The maximum absolute atomic E-state index is 14.6. The summed E-state index contributed by atoms with van der Waals surface area (Å²) < 4.78 is 45.1. The van der Waals surface area contributed by atoms with Crippen molar-refractivity contribution in [2.75, 3.05) is 6.61 Å². The van der Waals surface area contributed by atoms with Crippen LogP contribution in [-0.4, -0.2) is 105 Å². The Labute approximate surface area is 346 Å². The maximum atomic E-state index is 14.6. The topological polar surface area (TPSA) is 177 Å². The molecule has 5 rings (SSSR count). The smallest absolute Gasteiger partial charge is 0.481 e. The molecular formula is C45H74O13. The van der Waals surface area contributed by atoms with Gasteiger partial charge in [-0.15, -0.1) is 0 Å². The molecule has 58 heavy (non-hydrogen) atoms. The molecule has 0 aromatic rings. The van der Waals surface area contributed by atoms with Crippen molar-refractivity contribution >= 4 is 17.9 Å². The van der Waals surface area contributed by atoms with Gasteiger partial charge in [0.2, 0.25) is 5.79 Å². The second-order valence-electron chi connectivity index (χ2n) is 18.7. The molecule has 4 saturated heterocycles. The van der Waals surface area contributed by atoms with Gasteiger partial charge in [0.05, 0.1) is 60.4 Å². The van der Waals surface area contributed by atoms with E-state index < -0.39 is 95.2 Å². The Morgan fingerprint density at radius 2 is 1.57 bits per heavy atom. The minimum atomic E-state index is -1.46. The number of carboxylic acids is 1. The van der Waals surface area contributed by atoms with Crippen LogP contribution in [0.5, 0.6) is 0 Å². The van der Waals surface area contributed by atoms with Crippen LogP contribution in [-0.2, 0) is 42.7 Å². The lowest BCUT2D eigenvalue weighted by Crippen LogP contribution is -2.63. The number of carbonyl (C=O) groups excluding carboxylic acids is 2. The number of aliphatic hydroxyl groups is 2. The van der Waals surface area contributed by atoms with E-state index in [0.29, 0.717) is 57.8 Å². The first-order valence-corrected chi connectivity index (χ1v) is 22.3. The largest absolute Gasteiger partial charge is 0.509 e. The summed E-state index contributed by atoms with van der Waals surface area (Å²) in [5, 5.41) is 32.8. The Hall–Kier alpha value is -2.13.